The molecule has 6 nitrogen and oxygen atoms in total. The molecule has 0 aliphatic carbocycles. The maximum atomic E-state index is 12.1. The Morgan fingerprint density at radius 3 is 2.52 bits per heavy atom. The van der Waals surface area contributed by atoms with Crippen molar-refractivity contribution in [1.29, 1.82) is 0 Å². The van der Waals surface area contributed by atoms with Crippen LogP contribution in [0.1, 0.15) is 10.5 Å². The van der Waals surface area contributed by atoms with E-state index in [-0.39, 0.29) is 18.9 Å². The normalized spacial score (nSPS) is 10.3. The van der Waals surface area contributed by atoms with Gasteiger partial charge in [-0.1, -0.05) is 18.2 Å². The number of hydrogen-bond acceptors (Lipinski definition) is 7. The summed E-state index contributed by atoms with van der Waals surface area (Å²) in [6.07, 6.45) is 0. The number of rotatable bonds is 8. The van der Waals surface area contributed by atoms with Crippen LogP contribution in [0, 0.1) is 0 Å². The van der Waals surface area contributed by atoms with E-state index >= 15 is 0 Å². The Labute approximate surface area is 161 Å². The average Bonchev–Trinajstić information content (AvgIpc) is 3.21. The highest BCUT2D eigenvalue weighted by Gasteiger charge is 2.15. The van der Waals surface area contributed by atoms with Crippen molar-refractivity contribution in [2.24, 2.45) is 0 Å². The van der Waals surface area contributed by atoms with Crippen LogP contribution in [0.2, 0.25) is 0 Å². The molecule has 0 spiro atoms. The molecule has 0 saturated heterocycles. The topological polar surface area (TPSA) is 66.9 Å². The summed E-state index contributed by atoms with van der Waals surface area (Å²) >= 11 is 1.36. The summed E-state index contributed by atoms with van der Waals surface area (Å²) < 4.78 is 21.2. The molecule has 1 heterocycles. The number of hydrogen-bond donors (Lipinski definition) is 0. The molecule has 0 aliphatic heterocycles. The third-order valence-electron chi connectivity index (χ3n) is 3.67. The zero-order valence-electron chi connectivity index (χ0n) is 15.0. The first-order valence-corrected chi connectivity index (χ1v) is 9.12. The van der Waals surface area contributed by atoms with Gasteiger partial charge >= 0.3 is 5.97 Å². The number of esters is 1. The van der Waals surface area contributed by atoms with Crippen molar-refractivity contribution in [2.75, 3.05) is 27.4 Å². The summed E-state index contributed by atoms with van der Waals surface area (Å²) in [5, 5.41) is 2.37. The largest absolute Gasteiger partial charge is 0.493 e. The monoisotopic (exact) mass is 385 g/mol. The van der Waals surface area contributed by atoms with Gasteiger partial charge in [0.25, 0.3) is 0 Å². The molecule has 7 heteroatoms. The number of carbonyl (C=O) groups excluding carboxylic acids is 1. The third-order valence-corrected chi connectivity index (χ3v) is 4.56. The molecular weight excluding hydrogens is 366 g/mol. The van der Waals surface area contributed by atoms with Crippen molar-refractivity contribution in [2.45, 2.75) is 0 Å². The fourth-order valence-electron chi connectivity index (χ4n) is 2.35. The molecular formula is C20H19NO5S. The van der Waals surface area contributed by atoms with E-state index in [4.69, 9.17) is 18.9 Å². The lowest BCUT2D eigenvalue weighted by Crippen LogP contribution is -2.12. The van der Waals surface area contributed by atoms with Gasteiger partial charge in [-0.15, -0.1) is 11.3 Å². The van der Waals surface area contributed by atoms with Gasteiger partial charge in [0.1, 0.15) is 24.0 Å². The minimum atomic E-state index is -0.477. The maximum absolute atomic E-state index is 12.1. The lowest BCUT2D eigenvalue weighted by atomic mass is 10.2. The van der Waals surface area contributed by atoms with Gasteiger partial charge in [-0.25, -0.2) is 9.78 Å². The fraction of sp³-hybridized carbons (Fsp3) is 0.200. The van der Waals surface area contributed by atoms with Crippen LogP contribution in [0.25, 0.3) is 10.6 Å². The van der Waals surface area contributed by atoms with Crippen molar-refractivity contribution >= 4 is 17.3 Å². The minimum absolute atomic E-state index is 0.150. The van der Waals surface area contributed by atoms with Gasteiger partial charge in [0.15, 0.2) is 17.2 Å². The quantitative estimate of drug-likeness (QED) is 0.430. The van der Waals surface area contributed by atoms with Gasteiger partial charge in [-0.2, -0.15) is 0 Å². The minimum Gasteiger partial charge on any atom is -0.493 e. The van der Waals surface area contributed by atoms with Crippen LogP contribution < -0.4 is 14.2 Å². The van der Waals surface area contributed by atoms with Gasteiger partial charge in [-0.3, -0.25) is 0 Å². The Bertz CT molecular complexity index is 894. The SMILES string of the molecule is COc1ccc(-c2nc(C(=O)OCCOc3ccccc3)cs2)cc1OC. The van der Waals surface area contributed by atoms with E-state index in [2.05, 4.69) is 4.98 Å². The molecule has 140 valence electrons. The number of ether oxygens (including phenoxy) is 4. The highest BCUT2D eigenvalue weighted by atomic mass is 32.1. The van der Waals surface area contributed by atoms with E-state index in [1.807, 2.05) is 42.5 Å². The summed E-state index contributed by atoms with van der Waals surface area (Å²) in [4.78, 5) is 16.5. The summed E-state index contributed by atoms with van der Waals surface area (Å²) in [7, 11) is 3.15. The van der Waals surface area contributed by atoms with E-state index in [1.54, 1.807) is 25.7 Å². The van der Waals surface area contributed by atoms with Gasteiger partial charge in [0, 0.05) is 10.9 Å². The van der Waals surface area contributed by atoms with Crippen LogP contribution in [-0.2, 0) is 4.74 Å². The van der Waals surface area contributed by atoms with E-state index in [1.165, 1.54) is 11.3 Å². The Morgan fingerprint density at radius 1 is 1.00 bits per heavy atom. The Hall–Kier alpha value is -3.06. The molecule has 2 aromatic carbocycles. The zero-order valence-corrected chi connectivity index (χ0v) is 15.8. The summed E-state index contributed by atoms with van der Waals surface area (Å²) in [5.41, 5.74) is 1.11. The van der Waals surface area contributed by atoms with Crippen LogP contribution in [0.3, 0.4) is 0 Å². The maximum Gasteiger partial charge on any atom is 0.357 e. The van der Waals surface area contributed by atoms with Crippen molar-refractivity contribution in [3.63, 3.8) is 0 Å². The van der Waals surface area contributed by atoms with Gasteiger partial charge in [-0.05, 0) is 30.3 Å². The predicted octanol–water partition coefficient (Wildman–Crippen LogP) is 4.06. The molecule has 0 saturated carbocycles. The van der Waals surface area contributed by atoms with Crippen LogP contribution >= 0.6 is 11.3 Å². The van der Waals surface area contributed by atoms with Crippen LogP contribution in [0.15, 0.2) is 53.9 Å². The molecule has 3 rings (SSSR count). The number of methoxy groups -OCH3 is 2. The molecule has 3 aromatic rings. The average molecular weight is 385 g/mol. The predicted molar refractivity (Wildman–Crippen MR) is 103 cm³/mol. The molecule has 0 atom stereocenters. The van der Waals surface area contributed by atoms with Gasteiger partial charge in [0.2, 0.25) is 0 Å². The lowest BCUT2D eigenvalue weighted by Gasteiger charge is -2.08. The first-order chi connectivity index (χ1) is 13.2. The first-order valence-electron chi connectivity index (χ1n) is 8.24. The number of benzene rings is 2. The summed E-state index contributed by atoms with van der Waals surface area (Å²) in [6, 6.07) is 14.8. The smallest absolute Gasteiger partial charge is 0.357 e. The molecule has 1 aromatic heterocycles. The van der Waals surface area contributed by atoms with Crippen molar-refractivity contribution in [1.82, 2.24) is 4.98 Å². The molecule has 0 amide bonds. The molecule has 0 N–H and O–H groups in total. The fourth-order valence-corrected chi connectivity index (χ4v) is 3.14. The first kappa shape index (κ1) is 18.7. The number of thiazole rings is 1. The van der Waals surface area contributed by atoms with E-state index in [0.717, 1.165) is 11.3 Å². The van der Waals surface area contributed by atoms with Crippen LogP contribution in [0.4, 0.5) is 0 Å². The van der Waals surface area contributed by atoms with Crippen molar-refractivity contribution < 1.29 is 23.7 Å². The third kappa shape index (κ3) is 4.77. The molecule has 0 fully saturated rings. The van der Waals surface area contributed by atoms with Crippen LogP contribution in [-0.4, -0.2) is 38.4 Å². The number of para-hydroxylation sites is 1. The molecule has 0 unspecified atom stereocenters. The number of carbonyl (C=O) groups is 1. The van der Waals surface area contributed by atoms with Gasteiger partial charge in [0.05, 0.1) is 14.2 Å². The zero-order chi connectivity index (χ0) is 19.1. The Kier molecular flexibility index (Phi) is 6.27. The Balaban J connectivity index is 1.57. The highest BCUT2D eigenvalue weighted by Crippen LogP contribution is 2.33. The second kappa shape index (κ2) is 9.05. The number of nitrogens with zero attached hydrogens (tertiary/aromatic N) is 1. The van der Waals surface area contributed by atoms with Crippen LogP contribution in [0.5, 0.6) is 17.2 Å². The molecule has 0 radical (unpaired) electrons. The standard InChI is InChI=1S/C20H19NO5S/c1-23-17-9-8-14(12-18(17)24-2)19-21-16(13-27-19)20(22)26-11-10-25-15-6-4-3-5-7-15/h3-9,12-13H,10-11H2,1-2H3. The molecule has 27 heavy (non-hydrogen) atoms. The second-order valence-electron chi connectivity index (χ2n) is 5.41. The van der Waals surface area contributed by atoms with Crippen molar-refractivity contribution in [3.8, 4) is 27.8 Å². The number of aromatic nitrogens is 1. The van der Waals surface area contributed by atoms with E-state index in [9.17, 15) is 4.79 Å². The second-order valence-corrected chi connectivity index (χ2v) is 6.26. The van der Waals surface area contributed by atoms with E-state index in [0.29, 0.717) is 16.5 Å². The molecule has 0 bridgehead atoms. The van der Waals surface area contributed by atoms with E-state index < -0.39 is 5.97 Å². The Morgan fingerprint density at radius 2 is 1.78 bits per heavy atom. The molecule has 0 aliphatic rings. The van der Waals surface area contributed by atoms with Gasteiger partial charge < -0.3 is 18.9 Å². The lowest BCUT2D eigenvalue weighted by molar-refractivity contribution is 0.0444. The summed E-state index contributed by atoms with van der Waals surface area (Å²) in [5.74, 6) is 1.50. The highest BCUT2D eigenvalue weighted by molar-refractivity contribution is 7.13. The van der Waals surface area contributed by atoms with Crippen molar-refractivity contribution in [3.05, 3.63) is 59.6 Å². The summed E-state index contributed by atoms with van der Waals surface area (Å²) in [6.45, 7) is 0.430.